The zero-order chi connectivity index (χ0) is 10.3. The third-order valence-corrected chi connectivity index (χ3v) is 4.40. The van der Waals surface area contributed by atoms with Gasteiger partial charge >= 0.3 is 5.97 Å². The smallest absolute Gasteiger partial charge is 0.327 e. The number of allylic oxidation sites excluding steroid dienone is 1. The van der Waals surface area contributed by atoms with E-state index >= 15 is 0 Å². The van der Waals surface area contributed by atoms with E-state index in [9.17, 15) is 13.2 Å². The maximum Gasteiger partial charge on any atom is 0.327 e. The van der Waals surface area contributed by atoms with Crippen molar-refractivity contribution < 1.29 is 17.9 Å². The Hall–Kier alpha value is -0.840. The van der Waals surface area contributed by atoms with Crippen LogP contribution in [0.1, 0.15) is 6.42 Å². The molecular formula is C8H12O4S. The van der Waals surface area contributed by atoms with Gasteiger partial charge in [0.15, 0.2) is 14.6 Å². The van der Waals surface area contributed by atoms with Crippen LogP contribution in [0.4, 0.5) is 0 Å². The van der Waals surface area contributed by atoms with E-state index < -0.39 is 20.6 Å². The van der Waals surface area contributed by atoms with Crippen LogP contribution in [0.15, 0.2) is 12.7 Å². The fraction of sp³-hybridized carbons (Fsp3) is 0.625. The molecule has 0 radical (unpaired) electrons. The first-order valence-electron chi connectivity index (χ1n) is 3.80. The average molecular weight is 204 g/mol. The summed E-state index contributed by atoms with van der Waals surface area (Å²) in [5.74, 6) is -0.977. The summed E-state index contributed by atoms with van der Waals surface area (Å²) in [7, 11) is -2.22. The Bertz CT molecular complexity index is 343. The standard InChI is InChI=1S/C8H12O4S/c1-4-6-5-8(6,7(9)12-2)13(3,10)11/h4,6H,1,5H2,2-3H3. The molecule has 0 heterocycles. The molecule has 0 bridgehead atoms. The van der Waals surface area contributed by atoms with Crippen molar-refractivity contribution in [3.8, 4) is 0 Å². The fourth-order valence-electron chi connectivity index (χ4n) is 1.53. The highest BCUT2D eigenvalue weighted by atomic mass is 32.2. The molecule has 0 aromatic heterocycles. The quantitative estimate of drug-likeness (QED) is 0.485. The number of ether oxygens (including phenoxy) is 1. The molecule has 0 saturated heterocycles. The molecular weight excluding hydrogens is 192 g/mol. The predicted molar refractivity (Wildman–Crippen MR) is 47.9 cm³/mol. The molecule has 1 saturated carbocycles. The number of hydrogen-bond donors (Lipinski definition) is 0. The Morgan fingerprint density at radius 3 is 2.46 bits per heavy atom. The maximum atomic E-state index is 11.3. The van der Waals surface area contributed by atoms with Crippen molar-refractivity contribution in [2.24, 2.45) is 5.92 Å². The first kappa shape index (κ1) is 10.2. The van der Waals surface area contributed by atoms with E-state index in [0.29, 0.717) is 6.42 Å². The fourth-order valence-corrected chi connectivity index (χ4v) is 3.04. The first-order chi connectivity index (χ1) is 5.90. The molecule has 1 fully saturated rings. The van der Waals surface area contributed by atoms with E-state index in [4.69, 9.17) is 0 Å². The number of carbonyl (C=O) groups is 1. The molecule has 2 unspecified atom stereocenters. The van der Waals surface area contributed by atoms with Crippen LogP contribution < -0.4 is 0 Å². The molecule has 4 nitrogen and oxygen atoms in total. The lowest BCUT2D eigenvalue weighted by Crippen LogP contribution is -2.34. The number of methoxy groups -OCH3 is 1. The maximum absolute atomic E-state index is 11.3. The molecule has 1 aliphatic rings. The summed E-state index contributed by atoms with van der Waals surface area (Å²) in [6, 6.07) is 0. The van der Waals surface area contributed by atoms with Crippen molar-refractivity contribution in [3.05, 3.63) is 12.7 Å². The zero-order valence-corrected chi connectivity index (χ0v) is 8.43. The van der Waals surface area contributed by atoms with E-state index in [1.165, 1.54) is 13.2 Å². The van der Waals surface area contributed by atoms with Gasteiger partial charge < -0.3 is 4.74 Å². The van der Waals surface area contributed by atoms with Crippen LogP contribution in [-0.4, -0.2) is 32.5 Å². The lowest BCUT2D eigenvalue weighted by atomic mass is 10.3. The number of sulfone groups is 1. The lowest BCUT2D eigenvalue weighted by Gasteiger charge is -2.10. The Morgan fingerprint density at radius 1 is 1.69 bits per heavy atom. The average Bonchev–Trinajstić information content (AvgIpc) is 2.77. The van der Waals surface area contributed by atoms with Crippen molar-refractivity contribution in [1.29, 1.82) is 0 Å². The summed E-state index contributed by atoms with van der Waals surface area (Å²) < 4.78 is 25.8. The van der Waals surface area contributed by atoms with Crippen molar-refractivity contribution in [2.45, 2.75) is 11.2 Å². The largest absolute Gasteiger partial charge is 0.468 e. The van der Waals surface area contributed by atoms with Gasteiger partial charge in [-0.2, -0.15) is 0 Å². The Morgan fingerprint density at radius 2 is 2.23 bits per heavy atom. The second-order valence-corrected chi connectivity index (χ2v) is 5.47. The van der Waals surface area contributed by atoms with E-state index in [2.05, 4.69) is 11.3 Å². The third kappa shape index (κ3) is 1.27. The van der Waals surface area contributed by atoms with E-state index in [1.54, 1.807) is 0 Å². The number of rotatable bonds is 3. The summed E-state index contributed by atoms with van der Waals surface area (Å²) in [4.78, 5) is 11.3. The number of carbonyl (C=O) groups excluding carboxylic acids is 1. The SMILES string of the molecule is C=CC1CC1(C(=O)OC)S(C)(=O)=O. The van der Waals surface area contributed by atoms with Crippen LogP contribution in [0, 0.1) is 5.92 Å². The van der Waals surface area contributed by atoms with Crippen LogP contribution in [-0.2, 0) is 19.4 Å². The van der Waals surface area contributed by atoms with Crippen LogP contribution >= 0.6 is 0 Å². The van der Waals surface area contributed by atoms with Crippen LogP contribution in [0.2, 0.25) is 0 Å². The molecule has 0 aromatic rings. The van der Waals surface area contributed by atoms with Crippen LogP contribution in [0.5, 0.6) is 0 Å². The molecule has 0 aromatic carbocycles. The molecule has 0 aliphatic heterocycles. The van der Waals surface area contributed by atoms with Gasteiger partial charge in [-0.05, 0) is 6.42 Å². The van der Waals surface area contributed by atoms with Gasteiger partial charge in [0.25, 0.3) is 0 Å². The highest BCUT2D eigenvalue weighted by Gasteiger charge is 2.67. The summed E-state index contributed by atoms with van der Waals surface area (Å²) in [5.41, 5.74) is 0. The summed E-state index contributed by atoms with van der Waals surface area (Å²) in [6.07, 6.45) is 2.83. The minimum absolute atomic E-state index is 0.294. The van der Waals surface area contributed by atoms with Gasteiger partial charge in [0.05, 0.1) is 7.11 Å². The van der Waals surface area contributed by atoms with Gasteiger partial charge in [0, 0.05) is 12.2 Å². The van der Waals surface area contributed by atoms with Gasteiger partial charge in [-0.1, -0.05) is 6.08 Å². The normalized spacial score (nSPS) is 32.3. The van der Waals surface area contributed by atoms with Gasteiger partial charge in [-0.15, -0.1) is 6.58 Å². The molecule has 0 N–H and O–H groups in total. The number of esters is 1. The molecule has 0 amide bonds. The van der Waals surface area contributed by atoms with Crippen molar-refractivity contribution in [1.82, 2.24) is 0 Å². The van der Waals surface area contributed by atoms with Crippen molar-refractivity contribution >= 4 is 15.8 Å². The molecule has 0 spiro atoms. The van der Waals surface area contributed by atoms with Gasteiger partial charge in [0.1, 0.15) is 0 Å². The number of hydrogen-bond acceptors (Lipinski definition) is 4. The minimum Gasteiger partial charge on any atom is -0.468 e. The molecule has 13 heavy (non-hydrogen) atoms. The third-order valence-electron chi connectivity index (χ3n) is 2.44. The lowest BCUT2D eigenvalue weighted by molar-refractivity contribution is -0.141. The molecule has 2 atom stereocenters. The van der Waals surface area contributed by atoms with Gasteiger partial charge in [0.2, 0.25) is 0 Å². The van der Waals surface area contributed by atoms with E-state index in [1.807, 2.05) is 0 Å². The second kappa shape index (κ2) is 2.83. The van der Waals surface area contributed by atoms with E-state index in [-0.39, 0.29) is 5.92 Å². The van der Waals surface area contributed by atoms with Gasteiger partial charge in [-0.3, -0.25) is 4.79 Å². The summed E-state index contributed by atoms with van der Waals surface area (Å²) in [6.45, 7) is 3.48. The molecule has 5 heteroatoms. The van der Waals surface area contributed by atoms with Crippen molar-refractivity contribution in [2.75, 3.05) is 13.4 Å². The molecule has 74 valence electrons. The topological polar surface area (TPSA) is 60.4 Å². The second-order valence-electron chi connectivity index (χ2n) is 3.20. The minimum atomic E-state index is -3.41. The van der Waals surface area contributed by atoms with Crippen LogP contribution in [0.25, 0.3) is 0 Å². The monoisotopic (exact) mass is 204 g/mol. The van der Waals surface area contributed by atoms with Crippen molar-refractivity contribution in [3.63, 3.8) is 0 Å². The highest BCUT2D eigenvalue weighted by Crippen LogP contribution is 2.51. The van der Waals surface area contributed by atoms with E-state index in [0.717, 1.165) is 6.26 Å². The predicted octanol–water partition coefficient (Wildman–Crippen LogP) is 0.149. The highest BCUT2D eigenvalue weighted by molar-refractivity contribution is 7.93. The molecule has 1 aliphatic carbocycles. The Labute approximate surface area is 77.5 Å². The summed E-state index contributed by atoms with van der Waals surface area (Å²) >= 11 is 0. The van der Waals surface area contributed by atoms with Gasteiger partial charge in [-0.25, -0.2) is 8.42 Å². The van der Waals surface area contributed by atoms with Crippen LogP contribution in [0.3, 0.4) is 0 Å². The molecule has 1 rings (SSSR count). The Kier molecular flexibility index (Phi) is 2.23. The Balaban J connectivity index is 3.08. The summed E-state index contributed by atoms with van der Waals surface area (Å²) in [5, 5.41) is 0. The zero-order valence-electron chi connectivity index (χ0n) is 7.61. The first-order valence-corrected chi connectivity index (χ1v) is 5.70.